The summed E-state index contributed by atoms with van der Waals surface area (Å²) in [5.41, 5.74) is -0.680. The topological polar surface area (TPSA) is 102 Å². The number of aliphatic carboxylic acids is 1. The maximum absolute atomic E-state index is 11.4. The summed E-state index contributed by atoms with van der Waals surface area (Å²) in [6, 6.07) is 4.60. The van der Waals surface area contributed by atoms with Crippen LogP contribution >= 0.6 is 0 Å². The number of hydrogen-bond donors (Lipinski definition) is 2. The highest BCUT2D eigenvalue weighted by Crippen LogP contribution is 2.25. The first-order chi connectivity index (χ1) is 9.82. The number of nitro groups is 1. The van der Waals surface area contributed by atoms with E-state index in [1.54, 1.807) is 13.8 Å². The average molecular weight is 294 g/mol. The summed E-state index contributed by atoms with van der Waals surface area (Å²) in [4.78, 5) is 21.7. The summed E-state index contributed by atoms with van der Waals surface area (Å²) in [7, 11) is 0. The Balaban J connectivity index is 2.05. The highest BCUT2D eigenvalue weighted by molar-refractivity contribution is 5.78. The number of ether oxygens (including phenoxy) is 1. The first kappa shape index (κ1) is 15.2. The number of aryl methyl sites for hydroxylation is 1. The van der Waals surface area contributed by atoms with E-state index in [4.69, 9.17) is 4.74 Å². The van der Waals surface area contributed by atoms with E-state index >= 15 is 0 Å². The predicted molar refractivity (Wildman–Crippen MR) is 75.5 cm³/mol. The molecule has 1 aliphatic carbocycles. The lowest BCUT2D eigenvalue weighted by molar-refractivity contribution is -0.385. The van der Waals surface area contributed by atoms with Crippen molar-refractivity contribution in [3.63, 3.8) is 0 Å². The summed E-state index contributed by atoms with van der Waals surface area (Å²) in [5.74, 6) is -0.559. The summed E-state index contributed by atoms with van der Waals surface area (Å²) in [6.45, 7) is 3.14. The minimum atomic E-state index is -1.17. The molecule has 1 atom stereocenters. The Morgan fingerprint density at radius 1 is 1.57 bits per heavy atom. The van der Waals surface area contributed by atoms with Crippen LogP contribution in [0, 0.1) is 17.0 Å². The van der Waals surface area contributed by atoms with Crippen LogP contribution in [0.15, 0.2) is 18.2 Å². The molecule has 0 amide bonds. The van der Waals surface area contributed by atoms with Gasteiger partial charge in [0, 0.05) is 17.7 Å². The number of nitrogens with zero attached hydrogens (tertiary/aromatic N) is 1. The van der Waals surface area contributed by atoms with E-state index in [2.05, 4.69) is 5.32 Å². The number of carboxylic acid groups (broad SMARTS) is 1. The van der Waals surface area contributed by atoms with Gasteiger partial charge >= 0.3 is 5.97 Å². The SMILES string of the molecule is Cc1cc(OCC(C)(NC2CC2)C(=O)O)ccc1[N+](=O)[O-]. The molecule has 1 aliphatic rings. The Hall–Kier alpha value is -2.15. The van der Waals surface area contributed by atoms with Crippen molar-refractivity contribution in [2.75, 3.05) is 6.61 Å². The van der Waals surface area contributed by atoms with Gasteiger partial charge in [-0.15, -0.1) is 0 Å². The lowest BCUT2D eigenvalue weighted by atomic mass is 10.0. The molecule has 2 rings (SSSR count). The van der Waals surface area contributed by atoms with Crippen molar-refractivity contribution in [2.45, 2.75) is 38.3 Å². The zero-order valence-electron chi connectivity index (χ0n) is 12.0. The van der Waals surface area contributed by atoms with Crippen LogP contribution in [0.3, 0.4) is 0 Å². The number of rotatable bonds is 7. The van der Waals surface area contributed by atoms with Gasteiger partial charge in [0.05, 0.1) is 4.92 Å². The van der Waals surface area contributed by atoms with Gasteiger partial charge in [0.15, 0.2) is 0 Å². The maximum atomic E-state index is 11.4. The van der Waals surface area contributed by atoms with Gasteiger partial charge in [0.2, 0.25) is 0 Å². The van der Waals surface area contributed by atoms with E-state index in [1.165, 1.54) is 18.2 Å². The molecule has 0 bridgehead atoms. The third kappa shape index (κ3) is 3.69. The highest BCUT2D eigenvalue weighted by atomic mass is 16.6. The first-order valence-corrected chi connectivity index (χ1v) is 6.71. The summed E-state index contributed by atoms with van der Waals surface area (Å²) < 4.78 is 5.51. The van der Waals surface area contributed by atoms with E-state index in [1.807, 2.05) is 0 Å². The second-order valence-electron chi connectivity index (χ2n) is 5.55. The van der Waals surface area contributed by atoms with Gasteiger partial charge in [-0.3, -0.25) is 20.2 Å². The molecule has 21 heavy (non-hydrogen) atoms. The van der Waals surface area contributed by atoms with Crippen LogP contribution in [0.1, 0.15) is 25.3 Å². The molecule has 0 spiro atoms. The van der Waals surface area contributed by atoms with Gasteiger partial charge in [-0.1, -0.05) is 0 Å². The smallest absolute Gasteiger partial charge is 0.327 e. The minimum Gasteiger partial charge on any atom is -0.491 e. The summed E-state index contributed by atoms with van der Waals surface area (Å²) >= 11 is 0. The number of nitrogens with one attached hydrogen (secondary N) is 1. The van der Waals surface area contributed by atoms with Crippen LogP contribution < -0.4 is 10.1 Å². The third-order valence-electron chi connectivity index (χ3n) is 3.46. The monoisotopic (exact) mass is 294 g/mol. The zero-order chi connectivity index (χ0) is 15.6. The predicted octanol–water partition coefficient (Wildman–Crippen LogP) is 1.88. The van der Waals surface area contributed by atoms with Crippen molar-refractivity contribution in [2.24, 2.45) is 0 Å². The molecule has 7 heteroatoms. The minimum absolute atomic E-state index is 0.0134. The molecular weight excluding hydrogens is 276 g/mol. The van der Waals surface area contributed by atoms with Crippen LogP contribution in [0.2, 0.25) is 0 Å². The van der Waals surface area contributed by atoms with E-state index in [9.17, 15) is 20.0 Å². The molecule has 1 unspecified atom stereocenters. The van der Waals surface area contributed by atoms with Crippen molar-refractivity contribution >= 4 is 11.7 Å². The standard InChI is InChI=1S/C14H18N2O5/c1-9-7-11(5-6-12(9)16(19)20)21-8-14(2,13(17)18)15-10-3-4-10/h5-7,10,15H,3-4,8H2,1-2H3,(H,17,18). The van der Waals surface area contributed by atoms with Gasteiger partial charge in [-0.25, -0.2) is 0 Å². The van der Waals surface area contributed by atoms with Crippen molar-refractivity contribution in [3.05, 3.63) is 33.9 Å². The molecule has 1 fully saturated rings. The lowest BCUT2D eigenvalue weighted by Gasteiger charge is -2.26. The molecular formula is C14H18N2O5. The second kappa shape index (κ2) is 5.69. The fourth-order valence-electron chi connectivity index (χ4n) is 1.99. The van der Waals surface area contributed by atoms with Crippen molar-refractivity contribution in [1.82, 2.24) is 5.32 Å². The Bertz CT molecular complexity index is 570. The van der Waals surface area contributed by atoms with Crippen LogP contribution in [-0.4, -0.2) is 34.2 Å². The molecule has 0 radical (unpaired) electrons. The quantitative estimate of drug-likeness (QED) is 0.588. The molecule has 0 heterocycles. The molecule has 0 saturated heterocycles. The molecule has 2 N–H and O–H groups in total. The van der Waals surface area contributed by atoms with Crippen LogP contribution in [0.5, 0.6) is 5.75 Å². The number of carboxylic acids is 1. The number of hydrogen-bond acceptors (Lipinski definition) is 5. The zero-order valence-corrected chi connectivity index (χ0v) is 12.0. The van der Waals surface area contributed by atoms with E-state index in [-0.39, 0.29) is 18.3 Å². The largest absolute Gasteiger partial charge is 0.491 e. The van der Waals surface area contributed by atoms with E-state index in [0.717, 1.165) is 12.8 Å². The second-order valence-corrected chi connectivity index (χ2v) is 5.55. The Morgan fingerprint density at radius 3 is 2.71 bits per heavy atom. The maximum Gasteiger partial charge on any atom is 0.327 e. The van der Waals surface area contributed by atoms with Crippen molar-refractivity contribution in [1.29, 1.82) is 0 Å². The molecule has 0 aromatic heterocycles. The molecule has 1 saturated carbocycles. The molecule has 1 aromatic carbocycles. The highest BCUT2D eigenvalue weighted by Gasteiger charge is 2.39. The van der Waals surface area contributed by atoms with Crippen LogP contribution in [0.4, 0.5) is 5.69 Å². The normalized spacial score (nSPS) is 17.0. The Labute approximate surface area is 122 Å². The van der Waals surface area contributed by atoms with Gasteiger partial charge in [0.1, 0.15) is 17.9 Å². The van der Waals surface area contributed by atoms with Gasteiger partial charge < -0.3 is 9.84 Å². The fourth-order valence-corrected chi connectivity index (χ4v) is 1.99. The van der Waals surface area contributed by atoms with Gasteiger partial charge in [-0.2, -0.15) is 0 Å². The molecule has 114 valence electrons. The van der Waals surface area contributed by atoms with Gasteiger partial charge in [-0.05, 0) is 38.8 Å². The average Bonchev–Trinajstić information content (AvgIpc) is 3.19. The Kier molecular flexibility index (Phi) is 4.13. The number of nitro benzene ring substituents is 1. The first-order valence-electron chi connectivity index (χ1n) is 6.71. The number of benzene rings is 1. The van der Waals surface area contributed by atoms with Crippen LogP contribution in [0.25, 0.3) is 0 Å². The fraction of sp³-hybridized carbons (Fsp3) is 0.500. The van der Waals surface area contributed by atoms with Crippen molar-refractivity contribution < 1.29 is 19.6 Å². The van der Waals surface area contributed by atoms with Gasteiger partial charge in [0.25, 0.3) is 5.69 Å². The van der Waals surface area contributed by atoms with Crippen molar-refractivity contribution in [3.8, 4) is 5.75 Å². The van der Waals surface area contributed by atoms with E-state index in [0.29, 0.717) is 11.3 Å². The summed E-state index contributed by atoms with van der Waals surface area (Å²) in [6.07, 6.45) is 1.94. The molecule has 0 aliphatic heterocycles. The molecule has 1 aromatic rings. The Morgan fingerprint density at radius 2 is 2.24 bits per heavy atom. The van der Waals surface area contributed by atoms with Crippen LogP contribution in [-0.2, 0) is 4.79 Å². The molecule has 7 nitrogen and oxygen atoms in total. The lowest BCUT2D eigenvalue weighted by Crippen LogP contribution is -2.54. The van der Waals surface area contributed by atoms with E-state index < -0.39 is 16.4 Å². The summed E-state index contributed by atoms with van der Waals surface area (Å²) in [5, 5.41) is 23.1. The third-order valence-corrected chi connectivity index (χ3v) is 3.46. The number of carbonyl (C=O) groups is 1.